The van der Waals surface area contributed by atoms with Gasteiger partial charge in [0.2, 0.25) is 0 Å². The minimum atomic E-state index is -0.625. The van der Waals surface area contributed by atoms with Crippen LogP contribution in [0.2, 0.25) is 0 Å². The molecule has 168 valence electrons. The topological polar surface area (TPSA) is 112 Å². The lowest BCUT2D eigenvalue weighted by molar-refractivity contribution is -0.124. The molecule has 8 heteroatoms. The molecule has 3 aromatic rings. The Morgan fingerprint density at radius 3 is 2.36 bits per heavy atom. The summed E-state index contributed by atoms with van der Waals surface area (Å²) >= 11 is 0. The molecule has 3 N–H and O–H groups in total. The Hall–Kier alpha value is -4.30. The van der Waals surface area contributed by atoms with Crippen molar-refractivity contribution in [2.45, 2.75) is 13.0 Å². The fourth-order valence-corrected chi connectivity index (χ4v) is 3.06. The van der Waals surface area contributed by atoms with Gasteiger partial charge in [-0.25, -0.2) is 10.3 Å². The largest absolute Gasteiger partial charge is 0.324 e. The van der Waals surface area contributed by atoms with Gasteiger partial charge < -0.3 is 4.90 Å². The van der Waals surface area contributed by atoms with Crippen LogP contribution >= 0.6 is 0 Å². The van der Waals surface area contributed by atoms with Gasteiger partial charge in [0.25, 0.3) is 11.8 Å². The number of amides is 4. The highest BCUT2D eigenvalue weighted by Gasteiger charge is 2.18. The lowest BCUT2D eigenvalue weighted by Crippen LogP contribution is -2.43. The number of imide groups is 1. The molecule has 0 radical (unpaired) electrons. The van der Waals surface area contributed by atoms with Crippen molar-refractivity contribution < 1.29 is 19.6 Å². The van der Waals surface area contributed by atoms with Gasteiger partial charge in [0.1, 0.15) is 0 Å². The number of benzene rings is 2. The predicted octanol–water partition coefficient (Wildman–Crippen LogP) is 3.19. The summed E-state index contributed by atoms with van der Waals surface area (Å²) in [6.07, 6.45) is 6.78. The van der Waals surface area contributed by atoms with Crippen molar-refractivity contribution in [2.24, 2.45) is 0 Å². The van der Waals surface area contributed by atoms with Crippen LogP contribution in [0, 0.1) is 0 Å². The van der Waals surface area contributed by atoms with E-state index in [2.05, 4.69) is 10.3 Å². The van der Waals surface area contributed by atoms with E-state index < -0.39 is 17.8 Å². The molecule has 0 atom stereocenters. The van der Waals surface area contributed by atoms with Crippen molar-refractivity contribution in [3.63, 3.8) is 0 Å². The number of hydroxylamine groups is 1. The van der Waals surface area contributed by atoms with Crippen LogP contribution in [0.15, 0.2) is 85.2 Å². The van der Waals surface area contributed by atoms with Gasteiger partial charge in [0.05, 0.1) is 0 Å². The normalized spacial score (nSPS) is 10.6. The quantitative estimate of drug-likeness (QED) is 0.281. The van der Waals surface area contributed by atoms with Crippen LogP contribution in [0.25, 0.3) is 6.08 Å². The molecule has 3 rings (SSSR count). The zero-order valence-electron chi connectivity index (χ0n) is 17.8. The summed E-state index contributed by atoms with van der Waals surface area (Å²) in [5.41, 5.74) is 4.53. The molecule has 0 aliphatic heterocycles. The van der Waals surface area contributed by atoms with Crippen molar-refractivity contribution in [3.8, 4) is 0 Å². The molecule has 2 aromatic carbocycles. The molecule has 1 aromatic heterocycles. The average molecular weight is 444 g/mol. The van der Waals surface area contributed by atoms with Gasteiger partial charge >= 0.3 is 6.03 Å². The zero-order chi connectivity index (χ0) is 23.5. The Morgan fingerprint density at radius 1 is 0.939 bits per heavy atom. The minimum Gasteiger partial charge on any atom is -0.320 e. The maximum Gasteiger partial charge on any atom is 0.324 e. The van der Waals surface area contributed by atoms with E-state index >= 15 is 0 Å². The number of hydrogen-bond donors (Lipinski definition) is 3. The third-order valence-electron chi connectivity index (χ3n) is 4.83. The SMILES string of the molecule is O=C(C=Cc1ccc(CN(CCc2cccnc2)C(=O)NC(=O)c2ccccc2)cc1)NO. The van der Waals surface area contributed by atoms with E-state index in [4.69, 9.17) is 5.21 Å². The molecule has 0 aliphatic rings. The Kier molecular flexibility index (Phi) is 8.44. The van der Waals surface area contributed by atoms with E-state index in [-0.39, 0.29) is 6.54 Å². The fraction of sp³-hybridized carbons (Fsp3) is 0.120. The molecule has 4 amide bonds. The Morgan fingerprint density at radius 2 is 1.70 bits per heavy atom. The van der Waals surface area contributed by atoms with E-state index in [1.165, 1.54) is 11.6 Å². The molecule has 1 heterocycles. The third kappa shape index (κ3) is 7.41. The highest BCUT2D eigenvalue weighted by Crippen LogP contribution is 2.11. The van der Waals surface area contributed by atoms with Gasteiger partial charge in [-0.3, -0.25) is 25.1 Å². The summed E-state index contributed by atoms with van der Waals surface area (Å²) in [5.74, 6) is -1.09. The van der Waals surface area contributed by atoms with Crippen molar-refractivity contribution in [2.75, 3.05) is 6.54 Å². The number of nitrogens with zero attached hydrogens (tertiary/aromatic N) is 2. The van der Waals surface area contributed by atoms with Crippen LogP contribution < -0.4 is 10.8 Å². The molecule has 0 saturated heterocycles. The first-order valence-corrected chi connectivity index (χ1v) is 10.3. The third-order valence-corrected chi connectivity index (χ3v) is 4.83. The Bertz CT molecular complexity index is 1100. The number of carbonyl (C=O) groups excluding carboxylic acids is 3. The van der Waals surface area contributed by atoms with Crippen LogP contribution in [0.3, 0.4) is 0 Å². The number of hydrogen-bond acceptors (Lipinski definition) is 5. The molecular weight excluding hydrogens is 420 g/mol. The number of rotatable bonds is 8. The molecule has 8 nitrogen and oxygen atoms in total. The van der Waals surface area contributed by atoms with Gasteiger partial charge in [-0.2, -0.15) is 0 Å². The highest BCUT2D eigenvalue weighted by molar-refractivity contribution is 6.04. The van der Waals surface area contributed by atoms with Crippen LogP contribution in [-0.2, 0) is 17.8 Å². The van der Waals surface area contributed by atoms with E-state index in [1.807, 2.05) is 24.3 Å². The first kappa shape index (κ1) is 23.4. The molecule has 0 aliphatic carbocycles. The van der Waals surface area contributed by atoms with Crippen molar-refractivity contribution in [1.29, 1.82) is 0 Å². The van der Waals surface area contributed by atoms with Gasteiger partial charge in [-0.05, 0) is 47.4 Å². The Labute approximate surface area is 191 Å². The smallest absolute Gasteiger partial charge is 0.320 e. The lowest BCUT2D eigenvalue weighted by atomic mass is 10.1. The number of pyridine rings is 1. The van der Waals surface area contributed by atoms with Crippen LogP contribution in [0.1, 0.15) is 27.0 Å². The summed E-state index contributed by atoms with van der Waals surface area (Å²) < 4.78 is 0. The maximum atomic E-state index is 12.9. The van der Waals surface area contributed by atoms with Crippen LogP contribution in [-0.4, -0.2) is 39.5 Å². The predicted molar refractivity (Wildman–Crippen MR) is 123 cm³/mol. The number of aromatic nitrogens is 1. The van der Waals surface area contributed by atoms with Gasteiger partial charge in [0, 0.05) is 37.1 Å². The molecule has 0 fully saturated rings. The molecular formula is C25H24N4O4. The van der Waals surface area contributed by atoms with Gasteiger partial charge in [0.15, 0.2) is 0 Å². The lowest BCUT2D eigenvalue weighted by Gasteiger charge is -2.23. The molecule has 0 unspecified atom stereocenters. The van der Waals surface area contributed by atoms with Crippen molar-refractivity contribution in [3.05, 3.63) is 107 Å². The summed E-state index contributed by atoms with van der Waals surface area (Å²) in [5, 5.41) is 11.0. The molecule has 0 saturated carbocycles. The summed E-state index contributed by atoms with van der Waals surface area (Å²) in [7, 11) is 0. The first-order valence-electron chi connectivity index (χ1n) is 10.3. The van der Waals surface area contributed by atoms with Crippen molar-refractivity contribution >= 4 is 23.9 Å². The summed E-state index contributed by atoms with van der Waals surface area (Å²) in [6, 6.07) is 19.1. The van der Waals surface area contributed by atoms with E-state index in [9.17, 15) is 14.4 Å². The number of nitrogens with one attached hydrogen (secondary N) is 2. The molecule has 33 heavy (non-hydrogen) atoms. The van der Waals surface area contributed by atoms with Crippen LogP contribution in [0.5, 0.6) is 0 Å². The first-order chi connectivity index (χ1) is 16.0. The minimum absolute atomic E-state index is 0.287. The Balaban J connectivity index is 1.70. The second-order valence-electron chi connectivity index (χ2n) is 7.21. The second-order valence-corrected chi connectivity index (χ2v) is 7.21. The average Bonchev–Trinajstić information content (AvgIpc) is 2.86. The second kappa shape index (κ2) is 11.9. The summed E-state index contributed by atoms with van der Waals surface area (Å²) in [4.78, 5) is 42.2. The molecule has 0 bridgehead atoms. The van der Waals surface area contributed by atoms with E-state index in [0.29, 0.717) is 18.5 Å². The fourth-order valence-electron chi connectivity index (χ4n) is 3.06. The monoisotopic (exact) mass is 444 g/mol. The van der Waals surface area contributed by atoms with Crippen LogP contribution in [0.4, 0.5) is 4.79 Å². The van der Waals surface area contributed by atoms with E-state index in [1.54, 1.807) is 65.8 Å². The standard InChI is InChI=1S/C25H24N4O4/c30-23(28-33)13-12-19-8-10-21(11-9-19)18-29(16-14-20-5-4-15-26-17-20)25(32)27-24(31)22-6-2-1-3-7-22/h1-13,15,17,33H,14,16,18H2,(H,28,30)(H,27,31,32). The zero-order valence-corrected chi connectivity index (χ0v) is 17.8. The van der Waals surface area contributed by atoms with E-state index in [0.717, 1.165) is 16.7 Å². The number of carbonyl (C=O) groups is 3. The molecule has 0 spiro atoms. The summed E-state index contributed by atoms with van der Waals surface area (Å²) in [6.45, 7) is 0.674. The van der Waals surface area contributed by atoms with Crippen molar-refractivity contribution in [1.82, 2.24) is 20.7 Å². The highest BCUT2D eigenvalue weighted by atomic mass is 16.5. The van der Waals surface area contributed by atoms with Gasteiger partial charge in [-0.1, -0.05) is 48.5 Å². The maximum absolute atomic E-state index is 12.9. The van der Waals surface area contributed by atoms with Gasteiger partial charge in [-0.15, -0.1) is 0 Å². The number of urea groups is 1.